The number of nitrogens with zero attached hydrogens (tertiary/aromatic N) is 2. The molecule has 1 aliphatic carbocycles. The van der Waals surface area contributed by atoms with Gasteiger partial charge < -0.3 is 5.73 Å². The molecule has 1 heterocycles. The molecule has 1 aromatic carbocycles. The van der Waals surface area contributed by atoms with Gasteiger partial charge in [-0.1, -0.05) is 31.2 Å². The number of hydrogen-bond acceptors (Lipinski definition) is 3. The van der Waals surface area contributed by atoms with Gasteiger partial charge in [0, 0.05) is 5.56 Å². The predicted molar refractivity (Wildman–Crippen MR) is 70.9 cm³/mol. The maximum atomic E-state index is 9.01. The summed E-state index contributed by atoms with van der Waals surface area (Å²) in [6.07, 6.45) is 0.911. The highest BCUT2D eigenvalue weighted by molar-refractivity contribution is 5.73. The highest BCUT2D eigenvalue weighted by Crippen LogP contribution is 2.39. The third-order valence-electron chi connectivity index (χ3n) is 3.52. The first-order valence-corrected chi connectivity index (χ1v) is 5.99. The molecule has 0 bridgehead atoms. The van der Waals surface area contributed by atoms with Gasteiger partial charge in [-0.3, -0.25) is 0 Å². The lowest BCUT2D eigenvalue weighted by Gasteiger charge is -2.24. The summed E-state index contributed by atoms with van der Waals surface area (Å²) in [7, 11) is 0. The second kappa shape index (κ2) is 3.85. The zero-order valence-electron chi connectivity index (χ0n) is 10.1. The standard InChI is InChI=1S/C15H13N3/c1-9-6-10-7-11(8-16)15(17)18-14(10)13-5-3-2-4-12(9)13/h2-5,7,9H,6H2,1H3,(H2,17,18). The summed E-state index contributed by atoms with van der Waals surface area (Å²) in [6, 6.07) is 12.2. The van der Waals surface area contributed by atoms with Gasteiger partial charge in [0.25, 0.3) is 0 Å². The van der Waals surface area contributed by atoms with Crippen molar-refractivity contribution in [1.29, 1.82) is 5.26 Å². The van der Waals surface area contributed by atoms with Crippen molar-refractivity contribution in [3.05, 3.63) is 47.0 Å². The third-order valence-corrected chi connectivity index (χ3v) is 3.52. The minimum absolute atomic E-state index is 0.320. The van der Waals surface area contributed by atoms with Crippen LogP contribution < -0.4 is 5.73 Å². The maximum absolute atomic E-state index is 9.01. The number of rotatable bonds is 0. The Morgan fingerprint density at radius 1 is 1.39 bits per heavy atom. The number of nitrogen functional groups attached to an aromatic ring is 1. The molecule has 1 atom stereocenters. The van der Waals surface area contributed by atoms with E-state index in [1.54, 1.807) is 0 Å². The van der Waals surface area contributed by atoms with E-state index < -0.39 is 0 Å². The van der Waals surface area contributed by atoms with Crippen LogP contribution in [0.15, 0.2) is 30.3 Å². The van der Waals surface area contributed by atoms with Gasteiger partial charge in [0.1, 0.15) is 11.9 Å². The van der Waals surface area contributed by atoms with Gasteiger partial charge in [-0.05, 0) is 29.5 Å². The smallest absolute Gasteiger partial charge is 0.142 e. The van der Waals surface area contributed by atoms with Crippen LogP contribution in [0, 0.1) is 11.3 Å². The summed E-state index contributed by atoms with van der Waals surface area (Å²) in [5, 5.41) is 9.01. The zero-order chi connectivity index (χ0) is 12.7. The average Bonchev–Trinajstić information content (AvgIpc) is 2.39. The molecule has 3 rings (SSSR count). The average molecular weight is 235 g/mol. The molecular formula is C15H13N3. The summed E-state index contributed by atoms with van der Waals surface area (Å²) >= 11 is 0. The first-order chi connectivity index (χ1) is 8.70. The normalized spacial score (nSPS) is 16.6. The number of nitrogens with two attached hydrogens (primary N) is 1. The monoisotopic (exact) mass is 235 g/mol. The van der Waals surface area contributed by atoms with Crippen molar-refractivity contribution >= 4 is 5.82 Å². The molecule has 1 aromatic heterocycles. The second-order valence-corrected chi connectivity index (χ2v) is 4.73. The predicted octanol–water partition coefficient (Wildman–Crippen LogP) is 2.86. The fourth-order valence-electron chi connectivity index (χ4n) is 2.63. The molecule has 0 saturated heterocycles. The van der Waals surface area contributed by atoms with Crippen LogP contribution in [0.25, 0.3) is 11.3 Å². The van der Waals surface area contributed by atoms with Crippen LogP contribution in [0.5, 0.6) is 0 Å². The lowest BCUT2D eigenvalue weighted by molar-refractivity contribution is 0.744. The van der Waals surface area contributed by atoms with Crippen LogP contribution in [0.2, 0.25) is 0 Å². The highest BCUT2D eigenvalue weighted by atomic mass is 14.9. The Labute approximate surface area is 106 Å². The molecule has 88 valence electrons. The molecule has 0 spiro atoms. The zero-order valence-corrected chi connectivity index (χ0v) is 10.1. The molecule has 1 aliphatic rings. The van der Waals surface area contributed by atoms with Gasteiger partial charge in [-0.25, -0.2) is 4.98 Å². The topological polar surface area (TPSA) is 62.7 Å². The van der Waals surface area contributed by atoms with Crippen molar-refractivity contribution < 1.29 is 0 Å². The van der Waals surface area contributed by atoms with E-state index in [-0.39, 0.29) is 0 Å². The first kappa shape index (κ1) is 10.8. The molecule has 0 amide bonds. The number of aromatic nitrogens is 1. The van der Waals surface area contributed by atoms with E-state index in [4.69, 9.17) is 11.0 Å². The quantitative estimate of drug-likeness (QED) is 0.763. The van der Waals surface area contributed by atoms with Gasteiger partial charge in [-0.2, -0.15) is 5.26 Å². The van der Waals surface area contributed by atoms with E-state index in [0.29, 0.717) is 17.3 Å². The summed E-state index contributed by atoms with van der Waals surface area (Å²) in [4.78, 5) is 4.42. The van der Waals surface area contributed by atoms with Gasteiger partial charge >= 0.3 is 0 Å². The lowest BCUT2D eigenvalue weighted by Crippen LogP contribution is -2.11. The van der Waals surface area contributed by atoms with E-state index in [1.165, 1.54) is 5.56 Å². The number of benzene rings is 1. The van der Waals surface area contributed by atoms with E-state index >= 15 is 0 Å². The molecule has 1 unspecified atom stereocenters. The van der Waals surface area contributed by atoms with Crippen molar-refractivity contribution in [1.82, 2.24) is 4.98 Å². The maximum Gasteiger partial charge on any atom is 0.142 e. The number of anilines is 1. The van der Waals surface area contributed by atoms with Crippen LogP contribution >= 0.6 is 0 Å². The molecule has 0 aliphatic heterocycles. The Hall–Kier alpha value is -2.34. The number of hydrogen-bond donors (Lipinski definition) is 1. The van der Waals surface area contributed by atoms with Gasteiger partial charge in [0.2, 0.25) is 0 Å². The molecule has 0 saturated carbocycles. The molecular weight excluding hydrogens is 222 g/mol. The Kier molecular flexibility index (Phi) is 2.31. The van der Waals surface area contributed by atoms with Crippen LogP contribution in [0.1, 0.15) is 29.5 Å². The number of nitriles is 1. The van der Waals surface area contributed by atoms with Crippen molar-refractivity contribution in [3.63, 3.8) is 0 Å². The van der Waals surface area contributed by atoms with E-state index in [9.17, 15) is 0 Å². The van der Waals surface area contributed by atoms with Crippen molar-refractivity contribution in [2.24, 2.45) is 0 Å². The van der Waals surface area contributed by atoms with E-state index in [1.807, 2.05) is 18.2 Å². The minimum Gasteiger partial charge on any atom is -0.383 e. The molecule has 2 N–H and O–H groups in total. The molecule has 2 aromatic rings. The van der Waals surface area contributed by atoms with Crippen molar-refractivity contribution in [2.75, 3.05) is 5.73 Å². The van der Waals surface area contributed by atoms with Crippen LogP contribution in [0.3, 0.4) is 0 Å². The first-order valence-electron chi connectivity index (χ1n) is 5.99. The second-order valence-electron chi connectivity index (χ2n) is 4.73. The van der Waals surface area contributed by atoms with Crippen molar-refractivity contribution in [2.45, 2.75) is 19.3 Å². The fraction of sp³-hybridized carbons (Fsp3) is 0.200. The van der Waals surface area contributed by atoms with Crippen LogP contribution in [0.4, 0.5) is 5.82 Å². The lowest BCUT2D eigenvalue weighted by atomic mass is 9.82. The SMILES string of the molecule is CC1Cc2cc(C#N)c(N)nc2-c2ccccc21. The molecule has 0 radical (unpaired) electrons. The minimum atomic E-state index is 0.320. The van der Waals surface area contributed by atoms with Crippen LogP contribution in [-0.2, 0) is 6.42 Å². The summed E-state index contributed by atoms with van der Waals surface area (Å²) in [5.74, 6) is 0.770. The summed E-state index contributed by atoms with van der Waals surface area (Å²) < 4.78 is 0. The van der Waals surface area contributed by atoms with Crippen molar-refractivity contribution in [3.8, 4) is 17.3 Å². The largest absolute Gasteiger partial charge is 0.383 e. The summed E-state index contributed by atoms with van der Waals surface area (Å²) in [6.45, 7) is 2.20. The van der Waals surface area contributed by atoms with Gasteiger partial charge in [0.05, 0.1) is 11.3 Å². The third kappa shape index (κ3) is 1.46. The van der Waals surface area contributed by atoms with E-state index in [2.05, 4.69) is 30.1 Å². The fourth-order valence-corrected chi connectivity index (χ4v) is 2.63. The molecule has 0 fully saturated rings. The Morgan fingerprint density at radius 3 is 2.94 bits per heavy atom. The molecule has 3 heteroatoms. The molecule has 18 heavy (non-hydrogen) atoms. The Bertz CT molecular complexity index is 668. The Balaban J connectivity index is 2.29. The Morgan fingerprint density at radius 2 is 2.17 bits per heavy atom. The summed E-state index contributed by atoms with van der Waals surface area (Å²) in [5.41, 5.74) is 10.8. The van der Waals surface area contributed by atoms with E-state index in [0.717, 1.165) is 23.2 Å². The highest BCUT2D eigenvalue weighted by Gasteiger charge is 2.23. The molecule has 3 nitrogen and oxygen atoms in total. The van der Waals surface area contributed by atoms with Gasteiger partial charge in [-0.15, -0.1) is 0 Å². The van der Waals surface area contributed by atoms with Gasteiger partial charge in [0.15, 0.2) is 0 Å². The van der Waals surface area contributed by atoms with Crippen LogP contribution in [-0.4, -0.2) is 4.98 Å². The number of fused-ring (bicyclic) bond motifs is 3. The number of pyridine rings is 1.